The summed E-state index contributed by atoms with van der Waals surface area (Å²) in [7, 11) is 0. The molecule has 0 aliphatic rings. The first kappa shape index (κ1) is 11.9. The van der Waals surface area contributed by atoms with E-state index in [1.165, 1.54) is 19.3 Å². The van der Waals surface area contributed by atoms with Crippen LogP contribution in [0.5, 0.6) is 0 Å². The van der Waals surface area contributed by atoms with Crippen LogP contribution in [-0.2, 0) is 9.84 Å². The van der Waals surface area contributed by atoms with E-state index >= 15 is 0 Å². The summed E-state index contributed by atoms with van der Waals surface area (Å²) in [6.45, 7) is 6.52. The molecule has 0 rings (SSSR count). The molecule has 0 aliphatic carbocycles. The lowest BCUT2D eigenvalue weighted by molar-refractivity contribution is -0.136. The summed E-state index contributed by atoms with van der Waals surface area (Å²) in [4.78, 5) is 0. The summed E-state index contributed by atoms with van der Waals surface area (Å²) >= 11 is 0. The minimum atomic E-state index is -0.860. The molecular formula is C10H21O2. The number of rotatable bonds is 7. The SMILES string of the molecule is CCCCC(CC)COC(C)[O]. The van der Waals surface area contributed by atoms with Crippen LogP contribution in [0.3, 0.4) is 0 Å². The maximum Gasteiger partial charge on any atom is 0.188 e. The van der Waals surface area contributed by atoms with Crippen molar-refractivity contribution in [3.63, 3.8) is 0 Å². The molecule has 0 aliphatic heterocycles. The van der Waals surface area contributed by atoms with Gasteiger partial charge in [-0.25, -0.2) is 5.11 Å². The zero-order chi connectivity index (χ0) is 9.40. The molecule has 0 saturated heterocycles. The average molecular weight is 173 g/mol. The fourth-order valence-electron chi connectivity index (χ4n) is 1.17. The Morgan fingerprint density at radius 1 is 1.33 bits per heavy atom. The molecule has 0 amide bonds. The highest BCUT2D eigenvalue weighted by Crippen LogP contribution is 2.13. The lowest BCUT2D eigenvalue weighted by Gasteiger charge is -2.14. The zero-order valence-electron chi connectivity index (χ0n) is 8.51. The van der Waals surface area contributed by atoms with Gasteiger partial charge >= 0.3 is 0 Å². The number of hydrogen-bond donors (Lipinski definition) is 0. The van der Waals surface area contributed by atoms with Gasteiger partial charge in [0.05, 0.1) is 6.61 Å². The van der Waals surface area contributed by atoms with Crippen LogP contribution in [0.15, 0.2) is 0 Å². The van der Waals surface area contributed by atoms with Gasteiger partial charge in [0.2, 0.25) is 0 Å². The van der Waals surface area contributed by atoms with Gasteiger partial charge in [0.15, 0.2) is 6.29 Å². The Hall–Kier alpha value is -0.0800. The molecule has 0 aromatic carbocycles. The van der Waals surface area contributed by atoms with Gasteiger partial charge in [0.1, 0.15) is 0 Å². The van der Waals surface area contributed by atoms with E-state index in [-0.39, 0.29) is 0 Å². The third-order valence-electron chi connectivity index (χ3n) is 2.11. The van der Waals surface area contributed by atoms with Crippen LogP contribution < -0.4 is 0 Å². The van der Waals surface area contributed by atoms with Crippen molar-refractivity contribution < 1.29 is 9.84 Å². The smallest absolute Gasteiger partial charge is 0.188 e. The predicted molar refractivity (Wildman–Crippen MR) is 49.4 cm³/mol. The van der Waals surface area contributed by atoms with E-state index in [0.717, 1.165) is 6.42 Å². The fourth-order valence-corrected chi connectivity index (χ4v) is 1.17. The van der Waals surface area contributed by atoms with E-state index in [1.807, 2.05) is 0 Å². The van der Waals surface area contributed by atoms with Gasteiger partial charge in [-0.05, 0) is 19.3 Å². The topological polar surface area (TPSA) is 29.1 Å². The van der Waals surface area contributed by atoms with E-state index in [0.29, 0.717) is 12.5 Å². The van der Waals surface area contributed by atoms with Crippen LogP contribution in [0, 0.1) is 5.92 Å². The Balaban J connectivity index is 3.39. The first-order valence-electron chi connectivity index (χ1n) is 4.98. The largest absolute Gasteiger partial charge is 0.350 e. The van der Waals surface area contributed by atoms with Crippen molar-refractivity contribution in [3.05, 3.63) is 0 Å². The van der Waals surface area contributed by atoms with Crippen LogP contribution >= 0.6 is 0 Å². The van der Waals surface area contributed by atoms with E-state index in [1.54, 1.807) is 6.92 Å². The molecule has 1 radical (unpaired) electrons. The van der Waals surface area contributed by atoms with E-state index in [2.05, 4.69) is 13.8 Å². The van der Waals surface area contributed by atoms with Crippen molar-refractivity contribution in [3.8, 4) is 0 Å². The fraction of sp³-hybridized carbons (Fsp3) is 1.00. The summed E-state index contributed by atoms with van der Waals surface area (Å²) in [6.07, 6.45) is 3.92. The highest BCUT2D eigenvalue weighted by molar-refractivity contribution is 4.55. The maximum absolute atomic E-state index is 10.6. The minimum Gasteiger partial charge on any atom is -0.350 e. The number of unbranched alkanes of at least 4 members (excludes halogenated alkanes) is 1. The molecule has 12 heavy (non-hydrogen) atoms. The highest BCUT2D eigenvalue weighted by Gasteiger charge is 2.07. The van der Waals surface area contributed by atoms with Crippen molar-refractivity contribution in [1.29, 1.82) is 0 Å². The zero-order valence-corrected chi connectivity index (χ0v) is 8.51. The van der Waals surface area contributed by atoms with Gasteiger partial charge in [-0.3, -0.25) is 0 Å². The lowest BCUT2D eigenvalue weighted by atomic mass is 10.0. The van der Waals surface area contributed by atoms with Crippen LogP contribution in [0.1, 0.15) is 46.5 Å². The molecule has 0 bridgehead atoms. The van der Waals surface area contributed by atoms with Gasteiger partial charge in [0, 0.05) is 0 Å². The summed E-state index contributed by atoms with van der Waals surface area (Å²) in [5.41, 5.74) is 0. The minimum absolute atomic E-state index is 0.585. The van der Waals surface area contributed by atoms with Crippen molar-refractivity contribution in [2.24, 2.45) is 5.92 Å². The normalized spacial score (nSPS) is 16.0. The molecule has 73 valence electrons. The standard InChI is InChI=1S/C10H21O2/c1-4-6-7-10(5-2)8-12-9(3)11/h9-10H,4-8H2,1-3H3. The molecule has 2 nitrogen and oxygen atoms in total. The predicted octanol–water partition coefficient (Wildman–Crippen LogP) is 3.00. The van der Waals surface area contributed by atoms with Gasteiger partial charge in [-0.2, -0.15) is 0 Å². The molecule has 0 aromatic rings. The Labute approximate surface area is 75.9 Å². The highest BCUT2D eigenvalue weighted by atomic mass is 16.6. The first-order chi connectivity index (χ1) is 5.70. The molecule has 2 unspecified atom stereocenters. The number of hydrogen-bond acceptors (Lipinski definition) is 1. The first-order valence-corrected chi connectivity index (χ1v) is 4.98. The van der Waals surface area contributed by atoms with Crippen molar-refractivity contribution in [2.45, 2.75) is 52.7 Å². The van der Waals surface area contributed by atoms with E-state index < -0.39 is 6.29 Å². The molecule has 0 spiro atoms. The molecule has 2 atom stereocenters. The van der Waals surface area contributed by atoms with Gasteiger partial charge in [0.25, 0.3) is 0 Å². The van der Waals surface area contributed by atoms with Crippen LogP contribution in [0.2, 0.25) is 0 Å². The maximum atomic E-state index is 10.6. The van der Waals surface area contributed by atoms with Crippen molar-refractivity contribution in [2.75, 3.05) is 6.61 Å². The molecule has 0 heterocycles. The van der Waals surface area contributed by atoms with Gasteiger partial charge in [-0.1, -0.05) is 33.1 Å². The summed E-state index contributed by atoms with van der Waals surface area (Å²) in [5.74, 6) is 0.585. The Morgan fingerprint density at radius 3 is 2.42 bits per heavy atom. The third-order valence-corrected chi connectivity index (χ3v) is 2.11. The van der Waals surface area contributed by atoms with Crippen molar-refractivity contribution in [1.82, 2.24) is 0 Å². The average Bonchev–Trinajstić information content (AvgIpc) is 2.05. The van der Waals surface area contributed by atoms with Crippen LogP contribution in [0.4, 0.5) is 0 Å². The molecule has 0 saturated carbocycles. The Kier molecular flexibility index (Phi) is 7.51. The van der Waals surface area contributed by atoms with Crippen LogP contribution in [-0.4, -0.2) is 12.9 Å². The number of ether oxygens (including phenoxy) is 1. The molecular weight excluding hydrogens is 152 g/mol. The van der Waals surface area contributed by atoms with Crippen molar-refractivity contribution >= 4 is 0 Å². The van der Waals surface area contributed by atoms with E-state index in [4.69, 9.17) is 4.74 Å². The Morgan fingerprint density at radius 2 is 2.00 bits per heavy atom. The van der Waals surface area contributed by atoms with Crippen LogP contribution in [0.25, 0.3) is 0 Å². The monoisotopic (exact) mass is 173 g/mol. The molecule has 0 fully saturated rings. The molecule has 0 N–H and O–H groups in total. The summed E-state index contributed by atoms with van der Waals surface area (Å²) in [5, 5.41) is 10.6. The molecule has 2 heteroatoms. The summed E-state index contributed by atoms with van der Waals surface area (Å²) < 4.78 is 5.04. The Bertz CT molecular complexity index is 91.8. The van der Waals surface area contributed by atoms with Gasteiger partial charge in [-0.15, -0.1) is 0 Å². The second-order valence-electron chi connectivity index (χ2n) is 3.32. The summed E-state index contributed by atoms with van der Waals surface area (Å²) in [6, 6.07) is 0. The molecule has 0 aromatic heterocycles. The lowest BCUT2D eigenvalue weighted by Crippen LogP contribution is -2.14. The van der Waals surface area contributed by atoms with E-state index in [9.17, 15) is 5.11 Å². The third kappa shape index (κ3) is 6.62. The van der Waals surface area contributed by atoms with Gasteiger partial charge < -0.3 is 4.74 Å². The quantitative estimate of drug-likeness (QED) is 0.544. The second kappa shape index (κ2) is 7.56. The second-order valence-corrected chi connectivity index (χ2v) is 3.32.